The molecule has 0 saturated carbocycles. The largest absolute Gasteiger partial charge is 0.383 e. The van der Waals surface area contributed by atoms with Gasteiger partial charge in [0, 0.05) is 13.7 Å². The molecule has 3 rings (SSSR count). The second-order valence-electron chi connectivity index (χ2n) is 6.47. The van der Waals surface area contributed by atoms with E-state index in [0.29, 0.717) is 19.8 Å². The van der Waals surface area contributed by atoms with Crippen molar-refractivity contribution in [3.8, 4) is 0 Å². The SMILES string of the molecule is Cn1c(=O)c(NC2(C)CCOC2)c(N)n(Cc2ccccc2)c1=O. The summed E-state index contributed by atoms with van der Waals surface area (Å²) in [4.78, 5) is 25.0. The zero-order chi connectivity index (χ0) is 17.3. The van der Waals surface area contributed by atoms with Crippen LogP contribution in [-0.2, 0) is 18.3 Å². The molecule has 3 N–H and O–H groups in total. The number of nitrogens with zero attached hydrogens (tertiary/aromatic N) is 2. The molecule has 1 aromatic carbocycles. The second kappa shape index (κ2) is 6.16. The third-order valence-corrected chi connectivity index (χ3v) is 4.41. The standard InChI is InChI=1S/C17H22N4O3/c1-17(8-9-24-11-17)19-13-14(18)21(16(23)20(2)15(13)22)10-12-6-4-3-5-7-12/h3-7,19H,8-11,18H2,1-2H3. The Morgan fingerprint density at radius 1 is 1.29 bits per heavy atom. The molecular formula is C17H22N4O3. The van der Waals surface area contributed by atoms with Crippen LogP contribution in [0.2, 0.25) is 0 Å². The first-order chi connectivity index (χ1) is 11.4. The van der Waals surface area contributed by atoms with E-state index in [1.54, 1.807) is 0 Å². The third-order valence-electron chi connectivity index (χ3n) is 4.41. The summed E-state index contributed by atoms with van der Waals surface area (Å²) in [5.41, 5.74) is 6.15. The number of aromatic nitrogens is 2. The minimum absolute atomic E-state index is 0.153. The van der Waals surface area contributed by atoms with E-state index in [1.165, 1.54) is 11.6 Å². The lowest BCUT2D eigenvalue weighted by Crippen LogP contribution is -2.44. The van der Waals surface area contributed by atoms with E-state index in [-0.39, 0.29) is 17.0 Å². The van der Waals surface area contributed by atoms with Crippen molar-refractivity contribution in [3.05, 3.63) is 56.7 Å². The molecule has 0 bridgehead atoms. The van der Waals surface area contributed by atoms with Gasteiger partial charge < -0.3 is 15.8 Å². The first-order valence-electron chi connectivity index (χ1n) is 7.90. The van der Waals surface area contributed by atoms with Gasteiger partial charge in [-0.05, 0) is 18.9 Å². The van der Waals surface area contributed by atoms with Crippen molar-refractivity contribution >= 4 is 11.5 Å². The Bertz CT molecular complexity index is 849. The van der Waals surface area contributed by atoms with Crippen LogP contribution in [0, 0.1) is 0 Å². The molecule has 1 unspecified atom stereocenters. The Balaban J connectivity index is 2.06. The minimum Gasteiger partial charge on any atom is -0.383 e. The van der Waals surface area contributed by atoms with Crippen LogP contribution in [0.3, 0.4) is 0 Å². The molecular weight excluding hydrogens is 308 g/mol. The van der Waals surface area contributed by atoms with Crippen molar-refractivity contribution in [2.45, 2.75) is 25.4 Å². The van der Waals surface area contributed by atoms with Gasteiger partial charge in [0.25, 0.3) is 5.56 Å². The highest BCUT2D eigenvalue weighted by Crippen LogP contribution is 2.24. The van der Waals surface area contributed by atoms with Gasteiger partial charge in [-0.2, -0.15) is 0 Å². The monoisotopic (exact) mass is 330 g/mol. The van der Waals surface area contributed by atoms with E-state index in [2.05, 4.69) is 5.32 Å². The first kappa shape index (κ1) is 16.3. The Kier molecular flexibility index (Phi) is 4.19. The van der Waals surface area contributed by atoms with Crippen LogP contribution in [-0.4, -0.2) is 27.9 Å². The summed E-state index contributed by atoms with van der Waals surface area (Å²) in [5.74, 6) is 0.153. The normalized spacial score (nSPS) is 20.2. The van der Waals surface area contributed by atoms with Crippen LogP contribution < -0.4 is 22.3 Å². The smallest absolute Gasteiger partial charge is 0.332 e. The average molecular weight is 330 g/mol. The predicted octanol–water partition coefficient (Wildman–Crippen LogP) is 0.768. The highest BCUT2D eigenvalue weighted by Gasteiger charge is 2.31. The fourth-order valence-corrected chi connectivity index (χ4v) is 2.89. The quantitative estimate of drug-likeness (QED) is 0.864. The lowest BCUT2D eigenvalue weighted by molar-refractivity contribution is 0.185. The van der Waals surface area contributed by atoms with Gasteiger partial charge in [-0.1, -0.05) is 30.3 Å². The highest BCUT2D eigenvalue weighted by molar-refractivity contribution is 5.62. The molecule has 0 radical (unpaired) electrons. The lowest BCUT2D eigenvalue weighted by atomic mass is 10.0. The molecule has 24 heavy (non-hydrogen) atoms. The number of benzene rings is 1. The summed E-state index contributed by atoms with van der Waals surface area (Å²) in [6.07, 6.45) is 0.771. The van der Waals surface area contributed by atoms with E-state index >= 15 is 0 Å². The molecule has 1 saturated heterocycles. The summed E-state index contributed by atoms with van der Waals surface area (Å²) in [5, 5.41) is 3.20. The molecule has 1 atom stereocenters. The van der Waals surface area contributed by atoms with Crippen molar-refractivity contribution in [2.24, 2.45) is 7.05 Å². The first-order valence-corrected chi connectivity index (χ1v) is 7.90. The number of nitrogen functional groups attached to an aromatic ring is 1. The van der Waals surface area contributed by atoms with E-state index in [9.17, 15) is 9.59 Å². The van der Waals surface area contributed by atoms with E-state index in [4.69, 9.17) is 10.5 Å². The predicted molar refractivity (Wildman–Crippen MR) is 93.4 cm³/mol. The molecule has 0 aliphatic carbocycles. The highest BCUT2D eigenvalue weighted by atomic mass is 16.5. The van der Waals surface area contributed by atoms with Crippen molar-refractivity contribution in [1.29, 1.82) is 0 Å². The molecule has 0 spiro atoms. The van der Waals surface area contributed by atoms with Crippen LogP contribution in [0.25, 0.3) is 0 Å². The number of ether oxygens (including phenoxy) is 1. The van der Waals surface area contributed by atoms with Crippen molar-refractivity contribution < 1.29 is 4.74 Å². The molecule has 2 heterocycles. The molecule has 1 fully saturated rings. The zero-order valence-electron chi connectivity index (χ0n) is 13.9. The minimum atomic E-state index is -0.431. The van der Waals surface area contributed by atoms with Gasteiger partial charge in [-0.25, -0.2) is 4.79 Å². The second-order valence-corrected chi connectivity index (χ2v) is 6.47. The molecule has 2 aromatic rings. The maximum absolute atomic E-state index is 12.5. The van der Waals surface area contributed by atoms with Gasteiger partial charge in [0.1, 0.15) is 11.5 Å². The zero-order valence-corrected chi connectivity index (χ0v) is 13.9. The van der Waals surface area contributed by atoms with Crippen LogP contribution >= 0.6 is 0 Å². The Labute approximate surface area is 139 Å². The van der Waals surface area contributed by atoms with Crippen molar-refractivity contribution in [3.63, 3.8) is 0 Å². The summed E-state index contributed by atoms with van der Waals surface area (Å²) >= 11 is 0. The van der Waals surface area contributed by atoms with Crippen LogP contribution in [0.4, 0.5) is 11.5 Å². The lowest BCUT2D eigenvalue weighted by Gasteiger charge is -2.26. The maximum atomic E-state index is 12.5. The molecule has 128 valence electrons. The Morgan fingerprint density at radius 3 is 2.62 bits per heavy atom. The maximum Gasteiger partial charge on any atom is 0.332 e. The molecule has 1 aliphatic heterocycles. The molecule has 0 amide bonds. The van der Waals surface area contributed by atoms with Gasteiger partial charge in [0.2, 0.25) is 0 Å². The Hall–Kier alpha value is -2.54. The number of nitrogens with two attached hydrogens (primary N) is 1. The topological polar surface area (TPSA) is 91.3 Å². The van der Waals surface area contributed by atoms with E-state index < -0.39 is 11.2 Å². The number of hydrogen-bond donors (Lipinski definition) is 2. The molecule has 7 heteroatoms. The van der Waals surface area contributed by atoms with Gasteiger partial charge in [0.15, 0.2) is 0 Å². The number of rotatable bonds is 4. The number of anilines is 2. The van der Waals surface area contributed by atoms with Crippen LogP contribution in [0.1, 0.15) is 18.9 Å². The fourth-order valence-electron chi connectivity index (χ4n) is 2.89. The van der Waals surface area contributed by atoms with Gasteiger partial charge in [-0.3, -0.25) is 13.9 Å². The van der Waals surface area contributed by atoms with Crippen molar-refractivity contribution in [2.75, 3.05) is 24.3 Å². The van der Waals surface area contributed by atoms with E-state index in [0.717, 1.165) is 16.6 Å². The summed E-state index contributed by atoms with van der Waals surface area (Å²) in [6, 6.07) is 9.53. The molecule has 1 aromatic heterocycles. The van der Waals surface area contributed by atoms with Crippen molar-refractivity contribution in [1.82, 2.24) is 9.13 Å². The van der Waals surface area contributed by atoms with Crippen LogP contribution in [0.15, 0.2) is 39.9 Å². The average Bonchev–Trinajstić information content (AvgIpc) is 3.01. The summed E-state index contributed by atoms with van der Waals surface area (Å²) in [6.45, 7) is 3.41. The van der Waals surface area contributed by atoms with E-state index in [1.807, 2.05) is 37.3 Å². The Morgan fingerprint density at radius 2 is 2.00 bits per heavy atom. The number of hydrogen-bond acceptors (Lipinski definition) is 5. The summed E-state index contributed by atoms with van der Waals surface area (Å²) in [7, 11) is 1.46. The third kappa shape index (κ3) is 2.94. The van der Waals surface area contributed by atoms with Gasteiger partial charge in [0.05, 0.1) is 18.7 Å². The van der Waals surface area contributed by atoms with Gasteiger partial charge >= 0.3 is 5.69 Å². The van der Waals surface area contributed by atoms with Gasteiger partial charge in [-0.15, -0.1) is 0 Å². The fraction of sp³-hybridized carbons (Fsp3) is 0.412. The molecule has 7 nitrogen and oxygen atoms in total. The van der Waals surface area contributed by atoms with Crippen LogP contribution in [0.5, 0.6) is 0 Å². The summed E-state index contributed by atoms with van der Waals surface area (Å²) < 4.78 is 7.91. The molecule has 1 aliphatic rings. The number of nitrogens with one attached hydrogen (secondary N) is 1.